The molecule has 9 aromatic rings. The van der Waals surface area contributed by atoms with Crippen LogP contribution in [-0.2, 0) is 5.41 Å². The van der Waals surface area contributed by atoms with Gasteiger partial charge in [0.15, 0.2) is 17.5 Å². The number of benzene rings is 8. The fourth-order valence-electron chi connectivity index (χ4n) is 10.6. The van der Waals surface area contributed by atoms with E-state index in [0.717, 1.165) is 22.3 Å². The highest BCUT2D eigenvalue weighted by molar-refractivity contribution is 8.00. The van der Waals surface area contributed by atoms with E-state index in [4.69, 9.17) is 15.0 Å². The summed E-state index contributed by atoms with van der Waals surface area (Å²) < 4.78 is 0. The molecule has 2 aliphatic carbocycles. The Bertz CT molecular complexity index is 3170. The molecule has 3 unspecified atom stereocenters. The van der Waals surface area contributed by atoms with Gasteiger partial charge in [-0.3, -0.25) is 0 Å². The third-order valence-electron chi connectivity index (χ3n) is 12.8. The Kier molecular flexibility index (Phi) is 6.70. The van der Waals surface area contributed by atoms with Crippen molar-refractivity contribution in [3.8, 4) is 67.5 Å². The van der Waals surface area contributed by atoms with Crippen molar-refractivity contribution >= 4 is 22.5 Å². The summed E-state index contributed by atoms with van der Waals surface area (Å²) in [5.74, 6) is 1.97. The second-order valence-corrected chi connectivity index (χ2v) is 17.0. The molecular formula is C54H33N3S. The molecule has 0 amide bonds. The molecule has 0 saturated carbocycles. The number of thioether (sulfide) groups is 1. The van der Waals surface area contributed by atoms with E-state index >= 15 is 0 Å². The molecule has 1 spiro atoms. The van der Waals surface area contributed by atoms with Crippen LogP contribution in [0.1, 0.15) is 43.9 Å². The monoisotopic (exact) mass is 755 g/mol. The van der Waals surface area contributed by atoms with Crippen molar-refractivity contribution in [1.82, 2.24) is 15.0 Å². The normalized spacial score (nSPS) is 18.6. The van der Waals surface area contributed by atoms with E-state index in [-0.39, 0.29) is 0 Å². The SMILES string of the molecule is C1=CC2SC1c1ccc3c(c12)C1(c2ccccc2-c2ccc4ccccc4c21)c1cccc(-c2ccccc2-c2nc(-c4ccccc4)nc(-c4ccccc4)n2)c1-3. The smallest absolute Gasteiger partial charge is 0.164 e. The quantitative estimate of drug-likeness (QED) is 0.168. The average molecular weight is 756 g/mol. The van der Waals surface area contributed by atoms with Gasteiger partial charge in [0.25, 0.3) is 0 Å². The van der Waals surface area contributed by atoms with E-state index < -0.39 is 5.41 Å². The van der Waals surface area contributed by atoms with Gasteiger partial charge in [-0.25, -0.2) is 15.0 Å². The van der Waals surface area contributed by atoms with Gasteiger partial charge in [-0.05, 0) is 77.5 Å². The van der Waals surface area contributed by atoms with Gasteiger partial charge in [-0.15, -0.1) is 11.8 Å². The number of rotatable bonds is 4. The molecule has 2 aliphatic heterocycles. The largest absolute Gasteiger partial charge is 0.208 e. The zero-order valence-corrected chi connectivity index (χ0v) is 32.1. The summed E-state index contributed by atoms with van der Waals surface area (Å²) >= 11 is 2.08. The van der Waals surface area contributed by atoms with Gasteiger partial charge in [-0.2, -0.15) is 0 Å². The number of fused-ring (bicyclic) bond motifs is 18. The molecule has 4 heteroatoms. The Balaban J connectivity index is 1.13. The Labute approximate surface area is 340 Å². The first-order valence-electron chi connectivity index (χ1n) is 20.0. The van der Waals surface area contributed by atoms with Crippen molar-refractivity contribution in [3.05, 3.63) is 221 Å². The molecule has 0 saturated heterocycles. The molecule has 4 aliphatic rings. The van der Waals surface area contributed by atoms with Gasteiger partial charge in [0.1, 0.15) is 0 Å². The van der Waals surface area contributed by atoms with Crippen LogP contribution in [0.15, 0.2) is 188 Å². The Morgan fingerprint density at radius 3 is 1.79 bits per heavy atom. The third-order valence-corrected chi connectivity index (χ3v) is 14.2. The van der Waals surface area contributed by atoms with Crippen molar-refractivity contribution in [2.24, 2.45) is 0 Å². The number of nitrogens with zero attached hydrogens (tertiary/aromatic N) is 3. The minimum atomic E-state index is -0.499. The van der Waals surface area contributed by atoms with Crippen LogP contribution in [0, 0.1) is 0 Å². The van der Waals surface area contributed by atoms with E-state index in [1.807, 2.05) is 36.4 Å². The van der Waals surface area contributed by atoms with Crippen LogP contribution >= 0.6 is 11.8 Å². The number of hydrogen-bond donors (Lipinski definition) is 0. The summed E-state index contributed by atoms with van der Waals surface area (Å²) in [7, 11) is 0. The zero-order chi connectivity index (χ0) is 38.0. The molecule has 270 valence electrons. The first kappa shape index (κ1) is 32.2. The van der Waals surface area contributed by atoms with Crippen LogP contribution in [0.25, 0.3) is 78.3 Å². The summed E-state index contributed by atoms with van der Waals surface area (Å²) in [4.78, 5) is 15.5. The Morgan fingerprint density at radius 2 is 1.00 bits per heavy atom. The predicted octanol–water partition coefficient (Wildman–Crippen LogP) is 13.4. The fourth-order valence-corrected chi connectivity index (χ4v) is 12.0. The van der Waals surface area contributed by atoms with Crippen LogP contribution in [0.4, 0.5) is 0 Å². The highest BCUT2D eigenvalue weighted by Crippen LogP contribution is 2.70. The van der Waals surface area contributed by atoms with Gasteiger partial charge in [0, 0.05) is 27.2 Å². The zero-order valence-electron chi connectivity index (χ0n) is 31.3. The molecule has 3 atom stereocenters. The first-order valence-corrected chi connectivity index (χ1v) is 21.0. The van der Waals surface area contributed by atoms with Crippen LogP contribution in [0.3, 0.4) is 0 Å². The number of hydrogen-bond acceptors (Lipinski definition) is 4. The lowest BCUT2D eigenvalue weighted by Gasteiger charge is -2.34. The first-order chi connectivity index (χ1) is 28.8. The average Bonchev–Trinajstić information content (AvgIpc) is 4.07. The minimum absolute atomic E-state index is 0.320. The highest BCUT2D eigenvalue weighted by Gasteiger charge is 2.56. The fraction of sp³-hybridized carbons (Fsp3) is 0.0556. The van der Waals surface area contributed by atoms with Crippen molar-refractivity contribution in [2.75, 3.05) is 0 Å². The van der Waals surface area contributed by atoms with Crippen LogP contribution < -0.4 is 0 Å². The van der Waals surface area contributed by atoms with Crippen molar-refractivity contribution < 1.29 is 0 Å². The van der Waals surface area contributed by atoms with E-state index in [1.165, 1.54) is 72.0 Å². The third kappa shape index (κ3) is 4.27. The molecule has 8 aromatic carbocycles. The van der Waals surface area contributed by atoms with E-state index in [9.17, 15) is 0 Å². The maximum atomic E-state index is 5.23. The molecule has 0 radical (unpaired) electrons. The molecule has 1 aromatic heterocycles. The Hall–Kier alpha value is -6.88. The molecule has 3 nitrogen and oxygen atoms in total. The summed E-state index contributed by atoms with van der Waals surface area (Å²) in [6.07, 6.45) is 4.86. The van der Waals surface area contributed by atoms with E-state index in [1.54, 1.807) is 0 Å². The summed E-state index contributed by atoms with van der Waals surface area (Å²) in [6.45, 7) is 0. The van der Waals surface area contributed by atoms with Crippen molar-refractivity contribution in [1.29, 1.82) is 0 Å². The van der Waals surface area contributed by atoms with Crippen LogP contribution in [-0.4, -0.2) is 15.0 Å². The van der Waals surface area contributed by atoms with Gasteiger partial charge in [0.05, 0.1) is 5.41 Å². The van der Waals surface area contributed by atoms with Crippen LogP contribution in [0.2, 0.25) is 0 Å². The lowest BCUT2D eigenvalue weighted by atomic mass is 9.67. The van der Waals surface area contributed by atoms with E-state index in [0.29, 0.717) is 28.0 Å². The maximum absolute atomic E-state index is 5.23. The van der Waals surface area contributed by atoms with Crippen molar-refractivity contribution in [3.63, 3.8) is 0 Å². The molecule has 0 fully saturated rings. The van der Waals surface area contributed by atoms with Gasteiger partial charge in [0.2, 0.25) is 0 Å². The summed E-state index contributed by atoms with van der Waals surface area (Å²) in [6, 6.07) is 63.9. The predicted molar refractivity (Wildman–Crippen MR) is 238 cm³/mol. The Morgan fingerprint density at radius 1 is 0.397 bits per heavy atom. The van der Waals surface area contributed by atoms with Gasteiger partial charge >= 0.3 is 0 Å². The van der Waals surface area contributed by atoms with E-state index in [2.05, 4.69) is 163 Å². The summed E-state index contributed by atoms with van der Waals surface area (Å²) in [5.41, 5.74) is 18.5. The molecule has 2 bridgehead atoms. The lowest BCUT2D eigenvalue weighted by Crippen LogP contribution is -2.28. The van der Waals surface area contributed by atoms with Crippen molar-refractivity contribution in [2.45, 2.75) is 15.9 Å². The molecule has 13 rings (SSSR count). The maximum Gasteiger partial charge on any atom is 0.164 e. The van der Waals surface area contributed by atoms with Crippen LogP contribution in [0.5, 0.6) is 0 Å². The van der Waals surface area contributed by atoms with Gasteiger partial charge in [-0.1, -0.05) is 188 Å². The molecule has 0 N–H and O–H groups in total. The second kappa shape index (κ2) is 12.1. The lowest BCUT2D eigenvalue weighted by molar-refractivity contribution is 0.786. The summed E-state index contributed by atoms with van der Waals surface area (Å²) in [5, 5.41) is 3.29. The number of aromatic nitrogens is 3. The molecule has 58 heavy (non-hydrogen) atoms. The molecule has 3 heterocycles. The topological polar surface area (TPSA) is 38.7 Å². The second-order valence-electron chi connectivity index (χ2n) is 15.7. The highest BCUT2D eigenvalue weighted by atomic mass is 32.2. The van der Waals surface area contributed by atoms with Gasteiger partial charge < -0.3 is 0 Å². The molecular weight excluding hydrogens is 723 g/mol. The standard InChI is InChI=1S/C54H33N3S/c1-3-15-33(16-4-1)51-55-52(34-17-5-2-6-18-34)57-53(56-51)40-22-10-9-20-36(40)38-23-13-25-44-47(38)42-29-28-41-45-30-31-46(58-45)48(41)50(42)54(44)43-24-12-11-21-37(43)39-27-26-32-14-7-8-19-35(32)49(39)54/h1-31,45-46H. The minimum Gasteiger partial charge on any atom is -0.208 e.